The fourth-order valence-corrected chi connectivity index (χ4v) is 4.73. The topological polar surface area (TPSA) is 129 Å². The number of ether oxygens (including phenoxy) is 1. The van der Waals surface area contributed by atoms with Crippen LogP contribution < -0.4 is 9.62 Å². The van der Waals surface area contributed by atoms with Crippen molar-refractivity contribution >= 4 is 27.7 Å². The van der Waals surface area contributed by atoms with Gasteiger partial charge in [0.1, 0.15) is 11.5 Å². The standard InChI is InChI=1S/C21H18F4N4O5S/c22-15-3-1-12(9-16(15)23)10-35(32,33)28-20(30)13-5-7-29(8-6-13)17-4-2-14(21(31)34-11-26)18(27-17)19(24)25/h1-4,9,13,19H,5-8,10H2,(H,28,30). The molecule has 0 spiro atoms. The number of amides is 1. The Balaban J connectivity index is 1.62. The van der Waals surface area contributed by atoms with Gasteiger partial charge in [-0.05, 0) is 42.7 Å². The van der Waals surface area contributed by atoms with Crippen LogP contribution in [0.25, 0.3) is 0 Å². The SMILES string of the molecule is N#COC(=O)c1ccc(N2CCC(C(=O)NS(=O)(=O)Cc3ccc(F)c(F)c3)CC2)nc1C(F)F. The normalized spacial score (nSPS) is 14.5. The summed E-state index contributed by atoms with van der Waals surface area (Å²) in [6.07, 6.45) is -1.64. The number of hydrogen-bond donors (Lipinski definition) is 1. The Kier molecular flexibility index (Phi) is 7.90. The highest BCUT2D eigenvalue weighted by atomic mass is 32.2. The zero-order chi connectivity index (χ0) is 25.8. The highest BCUT2D eigenvalue weighted by molar-refractivity contribution is 7.89. The van der Waals surface area contributed by atoms with Crippen molar-refractivity contribution in [3.63, 3.8) is 0 Å². The van der Waals surface area contributed by atoms with Gasteiger partial charge in [-0.15, -0.1) is 5.26 Å². The highest BCUT2D eigenvalue weighted by Crippen LogP contribution is 2.28. The molecule has 0 saturated carbocycles. The van der Waals surface area contributed by atoms with E-state index in [-0.39, 0.29) is 37.3 Å². The number of nitrogens with one attached hydrogen (secondary N) is 1. The first-order valence-electron chi connectivity index (χ1n) is 10.1. The maximum absolute atomic E-state index is 13.4. The van der Waals surface area contributed by atoms with Crippen LogP contribution in [0.2, 0.25) is 0 Å². The number of sulfonamides is 1. The van der Waals surface area contributed by atoms with Gasteiger partial charge in [0.05, 0.1) is 11.3 Å². The van der Waals surface area contributed by atoms with E-state index in [1.807, 2.05) is 4.72 Å². The molecular weight excluding hydrogens is 496 g/mol. The van der Waals surface area contributed by atoms with E-state index in [9.17, 15) is 35.6 Å². The molecule has 0 radical (unpaired) electrons. The third-order valence-corrected chi connectivity index (χ3v) is 6.49. The number of halogens is 4. The summed E-state index contributed by atoms with van der Waals surface area (Å²) in [6, 6.07) is 4.96. The molecule has 3 rings (SSSR count). The summed E-state index contributed by atoms with van der Waals surface area (Å²) in [5.41, 5.74) is -1.45. The lowest BCUT2D eigenvalue weighted by Crippen LogP contribution is -2.43. The largest absolute Gasteiger partial charge is 0.357 e. The van der Waals surface area contributed by atoms with Crippen molar-refractivity contribution in [1.82, 2.24) is 9.71 Å². The average Bonchev–Trinajstić information content (AvgIpc) is 2.80. The first-order chi connectivity index (χ1) is 16.5. The first kappa shape index (κ1) is 25.9. The van der Waals surface area contributed by atoms with Gasteiger partial charge in [0.2, 0.25) is 15.9 Å². The van der Waals surface area contributed by atoms with Gasteiger partial charge in [0.15, 0.2) is 11.6 Å². The smallest absolute Gasteiger partial charge is 0.355 e. The molecule has 0 bridgehead atoms. The van der Waals surface area contributed by atoms with Crippen molar-refractivity contribution in [2.45, 2.75) is 25.0 Å². The van der Waals surface area contributed by atoms with Gasteiger partial charge in [-0.1, -0.05) is 6.07 Å². The second-order valence-corrected chi connectivity index (χ2v) is 9.34. The molecule has 14 heteroatoms. The van der Waals surface area contributed by atoms with Crippen LogP contribution in [0, 0.1) is 29.1 Å². The molecule has 2 heterocycles. The molecule has 1 saturated heterocycles. The number of rotatable bonds is 7. The van der Waals surface area contributed by atoms with Crippen LogP contribution in [0.4, 0.5) is 23.4 Å². The quantitative estimate of drug-likeness (QED) is 0.339. The molecule has 0 aliphatic carbocycles. The second-order valence-electron chi connectivity index (χ2n) is 7.62. The Morgan fingerprint density at radius 2 is 1.86 bits per heavy atom. The number of carbonyl (C=O) groups excluding carboxylic acids is 2. The number of benzene rings is 1. The lowest BCUT2D eigenvalue weighted by Gasteiger charge is -2.32. The summed E-state index contributed by atoms with van der Waals surface area (Å²) in [6.45, 7) is 0.359. The average molecular weight is 514 g/mol. The molecule has 1 N–H and O–H groups in total. The minimum atomic E-state index is -4.18. The lowest BCUT2D eigenvalue weighted by atomic mass is 9.96. The minimum Gasteiger partial charge on any atom is -0.357 e. The van der Waals surface area contributed by atoms with Crippen LogP contribution >= 0.6 is 0 Å². The van der Waals surface area contributed by atoms with Crippen molar-refractivity contribution in [2.24, 2.45) is 5.92 Å². The fraction of sp³-hybridized carbons (Fsp3) is 0.333. The van der Waals surface area contributed by atoms with Gasteiger partial charge in [-0.2, -0.15) is 0 Å². The van der Waals surface area contributed by atoms with Gasteiger partial charge in [0, 0.05) is 19.0 Å². The highest BCUT2D eigenvalue weighted by Gasteiger charge is 2.30. The maximum atomic E-state index is 13.4. The van der Waals surface area contributed by atoms with Crippen LogP contribution in [-0.4, -0.2) is 38.4 Å². The van der Waals surface area contributed by atoms with Gasteiger partial charge < -0.3 is 9.64 Å². The van der Waals surface area contributed by atoms with E-state index in [0.29, 0.717) is 0 Å². The van der Waals surface area contributed by atoms with Crippen molar-refractivity contribution in [3.8, 4) is 6.26 Å². The second kappa shape index (κ2) is 10.7. The molecule has 0 unspecified atom stereocenters. The van der Waals surface area contributed by atoms with E-state index in [4.69, 9.17) is 5.26 Å². The lowest BCUT2D eigenvalue weighted by molar-refractivity contribution is -0.123. The number of piperidine rings is 1. The van der Waals surface area contributed by atoms with Gasteiger partial charge in [0.25, 0.3) is 12.7 Å². The summed E-state index contributed by atoms with van der Waals surface area (Å²) >= 11 is 0. The number of aromatic nitrogens is 1. The summed E-state index contributed by atoms with van der Waals surface area (Å²) in [5.74, 6) is -5.70. The number of nitrogens with zero attached hydrogens (tertiary/aromatic N) is 3. The van der Waals surface area contributed by atoms with Crippen LogP contribution in [-0.2, 0) is 25.3 Å². The summed E-state index contributed by atoms with van der Waals surface area (Å²) < 4.78 is 83.6. The number of nitriles is 1. The van der Waals surface area contributed by atoms with Crippen LogP contribution in [0.15, 0.2) is 30.3 Å². The van der Waals surface area contributed by atoms with Crippen LogP contribution in [0.3, 0.4) is 0 Å². The van der Waals surface area contributed by atoms with Crippen LogP contribution in [0.5, 0.6) is 0 Å². The number of anilines is 1. The molecule has 1 aliphatic rings. The fourth-order valence-electron chi connectivity index (χ4n) is 3.57. The van der Waals surface area contributed by atoms with E-state index >= 15 is 0 Å². The van der Waals surface area contributed by atoms with Gasteiger partial charge >= 0.3 is 5.97 Å². The molecule has 1 fully saturated rings. The molecule has 9 nitrogen and oxygen atoms in total. The Morgan fingerprint density at radius 3 is 2.46 bits per heavy atom. The van der Waals surface area contributed by atoms with Gasteiger partial charge in [-0.3, -0.25) is 9.52 Å². The Hall–Kier alpha value is -3.73. The van der Waals surface area contributed by atoms with E-state index in [0.717, 1.165) is 30.5 Å². The molecule has 0 atom stereocenters. The monoisotopic (exact) mass is 514 g/mol. The maximum Gasteiger partial charge on any atom is 0.355 e. The van der Waals surface area contributed by atoms with Crippen molar-refractivity contribution in [2.75, 3.05) is 18.0 Å². The van der Waals surface area contributed by atoms with E-state index < -0.39 is 62.9 Å². The van der Waals surface area contributed by atoms with Crippen LogP contribution in [0.1, 0.15) is 40.9 Å². The molecule has 1 aliphatic heterocycles. The third kappa shape index (κ3) is 6.44. The van der Waals surface area contributed by atoms with Gasteiger partial charge in [-0.25, -0.2) is 35.8 Å². The number of alkyl halides is 2. The predicted octanol–water partition coefficient (Wildman–Crippen LogP) is 2.80. The molecule has 1 aromatic carbocycles. The molecule has 1 aromatic heterocycles. The zero-order valence-corrected chi connectivity index (χ0v) is 18.7. The van der Waals surface area contributed by atoms with E-state index in [1.165, 1.54) is 6.07 Å². The van der Waals surface area contributed by atoms with E-state index in [1.54, 1.807) is 4.90 Å². The minimum absolute atomic E-state index is 0.0398. The summed E-state index contributed by atoms with van der Waals surface area (Å²) in [4.78, 5) is 29.5. The first-order valence-corrected chi connectivity index (χ1v) is 11.8. The number of esters is 1. The molecule has 2 aromatic rings. The van der Waals surface area contributed by atoms with E-state index in [2.05, 4.69) is 9.72 Å². The predicted molar refractivity (Wildman–Crippen MR) is 112 cm³/mol. The molecule has 35 heavy (non-hydrogen) atoms. The Labute approximate surface area is 197 Å². The Bertz CT molecular complexity index is 1270. The van der Waals surface area contributed by atoms with Crippen molar-refractivity contribution < 1.29 is 40.3 Å². The molecular formula is C21H18F4N4O5S. The number of pyridine rings is 1. The van der Waals surface area contributed by atoms with Crippen molar-refractivity contribution in [1.29, 1.82) is 5.26 Å². The number of carbonyl (C=O) groups is 2. The molecule has 186 valence electrons. The summed E-state index contributed by atoms with van der Waals surface area (Å²) in [5, 5.41) is 8.41. The number of hydrogen-bond acceptors (Lipinski definition) is 8. The summed E-state index contributed by atoms with van der Waals surface area (Å²) in [7, 11) is -4.18. The zero-order valence-electron chi connectivity index (χ0n) is 17.9. The molecule has 1 amide bonds. The third-order valence-electron chi connectivity index (χ3n) is 5.26. The Morgan fingerprint density at radius 1 is 1.17 bits per heavy atom. The van der Waals surface area contributed by atoms with Crippen molar-refractivity contribution in [3.05, 3.63) is 58.8 Å².